The molecule has 0 aliphatic carbocycles. The molecule has 1 amide bonds. The van der Waals surface area contributed by atoms with Gasteiger partial charge in [-0.15, -0.1) is 0 Å². The smallest absolute Gasteiger partial charge is 0.410 e. The van der Waals surface area contributed by atoms with Crippen LogP contribution >= 0.6 is 0 Å². The normalized spacial score (nSPS) is 23.1. The van der Waals surface area contributed by atoms with E-state index < -0.39 is 44.1 Å². The van der Waals surface area contributed by atoms with E-state index in [1.54, 1.807) is 20.8 Å². The summed E-state index contributed by atoms with van der Waals surface area (Å²) in [6.45, 7) is 4.75. The highest BCUT2D eigenvalue weighted by Gasteiger charge is 2.40. The van der Waals surface area contributed by atoms with E-state index in [-0.39, 0.29) is 19.6 Å². The zero-order valence-electron chi connectivity index (χ0n) is 13.8. The first-order valence-corrected chi connectivity index (χ1v) is 10.5. The number of likely N-dealkylation sites (tertiary alicyclic amines) is 1. The molecule has 0 N–H and O–H groups in total. The van der Waals surface area contributed by atoms with E-state index in [0.29, 0.717) is 0 Å². The summed E-state index contributed by atoms with van der Waals surface area (Å²) >= 11 is 0. The highest BCUT2D eigenvalue weighted by atomic mass is 32.2. The van der Waals surface area contributed by atoms with Gasteiger partial charge < -0.3 is 9.64 Å². The van der Waals surface area contributed by atoms with Crippen molar-refractivity contribution in [1.29, 1.82) is 0 Å². The van der Waals surface area contributed by atoms with Crippen LogP contribution in [-0.2, 0) is 33.3 Å². The van der Waals surface area contributed by atoms with Gasteiger partial charge in [0.1, 0.15) is 5.60 Å². The van der Waals surface area contributed by atoms with Crippen LogP contribution in [0, 0.1) is 0 Å². The Labute approximate surface area is 137 Å². The van der Waals surface area contributed by atoms with Crippen molar-refractivity contribution in [2.75, 3.05) is 25.7 Å². The van der Waals surface area contributed by atoms with Crippen molar-refractivity contribution in [3.8, 4) is 0 Å². The Hall–Kier alpha value is -0.910. The average molecular weight is 373 g/mol. The zero-order valence-corrected chi connectivity index (χ0v) is 15.4. The van der Waals surface area contributed by atoms with E-state index in [9.17, 15) is 21.6 Å². The molecule has 2 atom stereocenters. The Bertz CT molecular complexity index is 634. The summed E-state index contributed by atoms with van der Waals surface area (Å²) in [5.74, 6) is 0. The van der Waals surface area contributed by atoms with Gasteiger partial charge in [-0.3, -0.25) is 8.37 Å². The van der Waals surface area contributed by atoms with Crippen LogP contribution in [-0.4, -0.2) is 71.2 Å². The first-order valence-electron chi connectivity index (χ1n) is 6.88. The first kappa shape index (κ1) is 20.1. The number of carbonyl (C=O) groups excluding carboxylic acids is 1. The van der Waals surface area contributed by atoms with E-state index in [0.717, 1.165) is 12.5 Å². The van der Waals surface area contributed by atoms with Crippen molar-refractivity contribution in [3.05, 3.63) is 0 Å². The second-order valence-electron chi connectivity index (χ2n) is 6.43. The van der Waals surface area contributed by atoms with Gasteiger partial charge in [0, 0.05) is 0 Å². The lowest BCUT2D eigenvalue weighted by molar-refractivity contribution is 0.0178. The molecular formula is C12H23NO8S2. The molecule has 9 nitrogen and oxygen atoms in total. The molecular weight excluding hydrogens is 350 g/mol. The molecule has 1 heterocycles. The van der Waals surface area contributed by atoms with Crippen LogP contribution in [0.25, 0.3) is 0 Å². The van der Waals surface area contributed by atoms with Gasteiger partial charge in [0.2, 0.25) is 0 Å². The highest BCUT2D eigenvalue weighted by Crippen LogP contribution is 2.24. The molecule has 136 valence electrons. The molecule has 1 saturated heterocycles. The minimum atomic E-state index is -3.70. The van der Waals surface area contributed by atoms with E-state index in [4.69, 9.17) is 13.1 Å². The maximum absolute atomic E-state index is 12.2. The number of hydrogen-bond acceptors (Lipinski definition) is 8. The number of hydrogen-bond donors (Lipinski definition) is 0. The number of carbonyl (C=O) groups is 1. The van der Waals surface area contributed by atoms with E-state index in [1.807, 2.05) is 0 Å². The van der Waals surface area contributed by atoms with Gasteiger partial charge in [-0.05, 0) is 27.2 Å². The Balaban J connectivity index is 2.85. The fraction of sp³-hybridized carbons (Fsp3) is 0.917. The van der Waals surface area contributed by atoms with E-state index >= 15 is 0 Å². The predicted molar refractivity (Wildman–Crippen MR) is 81.9 cm³/mol. The van der Waals surface area contributed by atoms with Gasteiger partial charge in [-0.2, -0.15) is 16.8 Å². The minimum Gasteiger partial charge on any atom is -0.444 e. The Kier molecular flexibility index (Phi) is 6.05. The Morgan fingerprint density at radius 3 is 2.13 bits per heavy atom. The summed E-state index contributed by atoms with van der Waals surface area (Å²) in [6, 6.07) is -0.661. The molecule has 1 rings (SSSR count). The second-order valence-corrected chi connectivity index (χ2v) is 9.68. The maximum Gasteiger partial charge on any atom is 0.410 e. The highest BCUT2D eigenvalue weighted by molar-refractivity contribution is 7.86. The summed E-state index contributed by atoms with van der Waals surface area (Å²) in [5, 5.41) is 0. The van der Waals surface area contributed by atoms with Crippen molar-refractivity contribution < 1.29 is 34.7 Å². The van der Waals surface area contributed by atoms with Crippen molar-refractivity contribution in [2.45, 2.75) is 44.9 Å². The summed E-state index contributed by atoms with van der Waals surface area (Å²) in [5.41, 5.74) is -0.741. The Morgan fingerprint density at radius 2 is 1.70 bits per heavy atom. The lowest BCUT2D eigenvalue weighted by Crippen LogP contribution is -2.42. The number of ether oxygens (including phenoxy) is 1. The van der Waals surface area contributed by atoms with Gasteiger partial charge in [0.15, 0.2) is 0 Å². The summed E-state index contributed by atoms with van der Waals surface area (Å²) < 4.78 is 59.6. The summed E-state index contributed by atoms with van der Waals surface area (Å²) in [6.07, 6.45) is 0.474. The summed E-state index contributed by atoms with van der Waals surface area (Å²) in [7, 11) is -7.38. The third-order valence-corrected chi connectivity index (χ3v) is 3.98. The number of amides is 1. The molecule has 1 fully saturated rings. The lowest BCUT2D eigenvalue weighted by Gasteiger charge is -2.28. The molecule has 0 unspecified atom stereocenters. The molecule has 0 saturated carbocycles. The van der Waals surface area contributed by atoms with Gasteiger partial charge in [-0.1, -0.05) is 0 Å². The molecule has 0 bridgehead atoms. The Morgan fingerprint density at radius 1 is 1.13 bits per heavy atom. The first-order chi connectivity index (χ1) is 10.2. The largest absolute Gasteiger partial charge is 0.444 e. The van der Waals surface area contributed by atoms with Gasteiger partial charge in [0.25, 0.3) is 20.2 Å². The fourth-order valence-electron chi connectivity index (χ4n) is 2.09. The van der Waals surface area contributed by atoms with Gasteiger partial charge in [-0.25, -0.2) is 4.79 Å². The molecule has 1 aliphatic heterocycles. The van der Waals surface area contributed by atoms with Crippen LogP contribution in [0.1, 0.15) is 27.2 Å². The minimum absolute atomic E-state index is 0.0280. The molecule has 11 heteroatoms. The average Bonchev–Trinajstić information content (AvgIpc) is 2.63. The topological polar surface area (TPSA) is 116 Å². The molecule has 1 aliphatic rings. The van der Waals surface area contributed by atoms with Crippen molar-refractivity contribution >= 4 is 26.3 Å². The summed E-state index contributed by atoms with van der Waals surface area (Å²) in [4.78, 5) is 13.4. The predicted octanol–water partition coefficient (Wildman–Crippen LogP) is 0.317. The quantitative estimate of drug-likeness (QED) is 0.633. The van der Waals surface area contributed by atoms with Crippen molar-refractivity contribution in [2.24, 2.45) is 0 Å². The van der Waals surface area contributed by atoms with Crippen LogP contribution in [0.3, 0.4) is 0 Å². The SMILES string of the molecule is CC(C)(C)OC(=O)N1C[C@H](OS(C)(=O)=O)C[C@@H]1COS(C)(=O)=O. The van der Waals surface area contributed by atoms with Gasteiger partial charge in [0.05, 0.1) is 37.8 Å². The molecule has 0 spiro atoms. The molecule has 0 aromatic rings. The van der Waals surface area contributed by atoms with Crippen LogP contribution in [0.2, 0.25) is 0 Å². The zero-order chi connectivity index (χ0) is 18.1. The number of nitrogens with zero attached hydrogens (tertiary/aromatic N) is 1. The molecule has 0 aromatic heterocycles. The van der Waals surface area contributed by atoms with Crippen LogP contribution in [0.15, 0.2) is 0 Å². The van der Waals surface area contributed by atoms with E-state index in [1.165, 1.54) is 4.90 Å². The maximum atomic E-state index is 12.2. The molecule has 0 aromatic carbocycles. The molecule has 23 heavy (non-hydrogen) atoms. The van der Waals surface area contributed by atoms with Crippen LogP contribution in [0.5, 0.6) is 0 Å². The lowest BCUT2D eigenvalue weighted by atomic mass is 10.2. The van der Waals surface area contributed by atoms with Crippen molar-refractivity contribution in [3.63, 3.8) is 0 Å². The standard InChI is InChI=1S/C12H23NO8S2/c1-12(2,3)20-11(14)13-7-10(21-23(5,17)18)6-9(13)8-19-22(4,15)16/h9-10H,6-8H2,1-5H3/t9-,10-/m1/s1. The van der Waals surface area contributed by atoms with Crippen LogP contribution < -0.4 is 0 Å². The fourth-order valence-corrected chi connectivity index (χ4v) is 3.13. The van der Waals surface area contributed by atoms with E-state index in [2.05, 4.69) is 0 Å². The van der Waals surface area contributed by atoms with Crippen LogP contribution in [0.4, 0.5) is 4.79 Å². The van der Waals surface area contributed by atoms with Crippen molar-refractivity contribution in [1.82, 2.24) is 4.90 Å². The monoisotopic (exact) mass is 373 g/mol. The third kappa shape index (κ3) is 7.95. The molecule has 0 radical (unpaired) electrons. The van der Waals surface area contributed by atoms with Gasteiger partial charge >= 0.3 is 6.09 Å². The number of rotatable bonds is 5. The second kappa shape index (κ2) is 6.91. The third-order valence-electron chi connectivity index (χ3n) is 2.79.